The quantitative estimate of drug-likeness (QED) is 0.785. The first-order valence-corrected chi connectivity index (χ1v) is 5.61. The summed E-state index contributed by atoms with van der Waals surface area (Å²) in [7, 11) is 0. The molecule has 1 aromatic rings. The van der Waals surface area contributed by atoms with Gasteiger partial charge in [-0.25, -0.2) is 0 Å². The minimum absolute atomic E-state index is 0.153. The highest BCUT2D eigenvalue weighted by molar-refractivity contribution is 5.29. The first-order valence-electron chi connectivity index (χ1n) is 5.61. The van der Waals surface area contributed by atoms with Crippen LogP contribution in [0.25, 0.3) is 0 Å². The van der Waals surface area contributed by atoms with Crippen molar-refractivity contribution in [2.45, 2.75) is 46.6 Å². The molecule has 0 aromatic heterocycles. The van der Waals surface area contributed by atoms with E-state index in [-0.39, 0.29) is 5.41 Å². The fraction of sp³-hybridized carbons (Fsp3) is 0.571. The molecule has 1 heteroatoms. The van der Waals surface area contributed by atoms with Gasteiger partial charge in [-0.2, -0.15) is 0 Å². The number of aryl methyl sites for hydroxylation is 1. The van der Waals surface area contributed by atoms with Gasteiger partial charge in [-0.15, -0.1) is 0 Å². The van der Waals surface area contributed by atoms with E-state index in [1.54, 1.807) is 0 Å². The first kappa shape index (κ1) is 12.3. The molecule has 1 aromatic carbocycles. The molecule has 0 fully saturated rings. The van der Waals surface area contributed by atoms with Gasteiger partial charge in [0.15, 0.2) is 0 Å². The summed E-state index contributed by atoms with van der Waals surface area (Å²) in [6, 6.07) is 8.23. The SMILES string of the molecule is CCc1cccc(C(C)(O)C(C)(C)C)c1. The van der Waals surface area contributed by atoms with Gasteiger partial charge < -0.3 is 5.11 Å². The molecule has 1 rings (SSSR count). The van der Waals surface area contributed by atoms with Gasteiger partial charge in [0.25, 0.3) is 0 Å². The lowest BCUT2D eigenvalue weighted by atomic mass is 9.73. The summed E-state index contributed by atoms with van der Waals surface area (Å²) in [5.74, 6) is 0. The Labute approximate surface area is 93.1 Å². The molecular formula is C14H22O. The lowest BCUT2D eigenvalue weighted by Gasteiger charge is -2.37. The minimum Gasteiger partial charge on any atom is -0.385 e. The van der Waals surface area contributed by atoms with Crippen molar-refractivity contribution in [1.82, 2.24) is 0 Å². The van der Waals surface area contributed by atoms with Gasteiger partial charge in [-0.1, -0.05) is 52.0 Å². The summed E-state index contributed by atoms with van der Waals surface area (Å²) in [6.07, 6.45) is 1.01. The van der Waals surface area contributed by atoms with Gasteiger partial charge in [-0.05, 0) is 29.9 Å². The molecule has 0 heterocycles. The highest BCUT2D eigenvalue weighted by Crippen LogP contribution is 2.38. The van der Waals surface area contributed by atoms with Crippen molar-refractivity contribution in [2.24, 2.45) is 5.41 Å². The Morgan fingerprint density at radius 3 is 2.20 bits per heavy atom. The van der Waals surface area contributed by atoms with E-state index in [0.29, 0.717) is 0 Å². The molecule has 0 bridgehead atoms. The Morgan fingerprint density at radius 1 is 1.13 bits per heavy atom. The zero-order chi connectivity index (χ0) is 11.7. The largest absolute Gasteiger partial charge is 0.385 e. The van der Waals surface area contributed by atoms with E-state index >= 15 is 0 Å². The molecule has 0 spiro atoms. The van der Waals surface area contributed by atoms with Gasteiger partial charge in [0.05, 0.1) is 5.60 Å². The number of aliphatic hydroxyl groups is 1. The third-order valence-corrected chi connectivity index (χ3v) is 3.36. The van der Waals surface area contributed by atoms with Crippen LogP contribution in [0, 0.1) is 5.41 Å². The molecule has 0 aliphatic rings. The van der Waals surface area contributed by atoms with Crippen LogP contribution in [0.3, 0.4) is 0 Å². The van der Waals surface area contributed by atoms with Gasteiger partial charge in [-0.3, -0.25) is 0 Å². The summed E-state index contributed by atoms with van der Waals surface area (Å²) < 4.78 is 0. The number of rotatable bonds is 2. The average Bonchev–Trinajstić information content (AvgIpc) is 2.16. The molecular weight excluding hydrogens is 184 g/mol. The van der Waals surface area contributed by atoms with Crippen molar-refractivity contribution in [1.29, 1.82) is 0 Å². The van der Waals surface area contributed by atoms with Crippen LogP contribution in [0.15, 0.2) is 24.3 Å². The lowest BCUT2D eigenvalue weighted by molar-refractivity contribution is -0.0470. The second-order valence-corrected chi connectivity index (χ2v) is 5.38. The molecule has 0 saturated carbocycles. The topological polar surface area (TPSA) is 20.2 Å². The fourth-order valence-corrected chi connectivity index (χ4v) is 1.53. The van der Waals surface area contributed by atoms with Gasteiger partial charge in [0.2, 0.25) is 0 Å². The second-order valence-electron chi connectivity index (χ2n) is 5.38. The molecule has 0 saturated heterocycles. The highest BCUT2D eigenvalue weighted by Gasteiger charge is 2.36. The Bertz CT molecular complexity index is 331. The molecule has 0 radical (unpaired) electrons. The highest BCUT2D eigenvalue weighted by atomic mass is 16.3. The van der Waals surface area contributed by atoms with Crippen LogP contribution in [0.4, 0.5) is 0 Å². The normalized spacial score (nSPS) is 16.1. The van der Waals surface area contributed by atoms with Crippen molar-refractivity contribution in [3.8, 4) is 0 Å². The number of hydrogen-bond acceptors (Lipinski definition) is 1. The Hall–Kier alpha value is -0.820. The van der Waals surface area contributed by atoms with E-state index in [0.717, 1.165) is 12.0 Å². The van der Waals surface area contributed by atoms with E-state index in [1.165, 1.54) is 5.56 Å². The molecule has 15 heavy (non-hydrogen) atoms. The number of hydrogen-bond donors (Lipinski definition) is 1. The molecule has 84 valence electrons. The van der Waals surface area contributed by atoms with Crippen LogP contribution < -0.4 is 0 Å². The van der Waals surface area contributed by atoms with E-state index in [9.17, 15) is 5.11 Å². The smallest absolute Gasteiger partial charge is 0.0916 e. The van der Waals surface area contributed by atoms with E-state index in [2.05, 4.69) is 39.8 Å². The zero-order valence-electron chi connectivity index (χ0n) is 10.5. The van der Waals surface area contributed by atoms with Crippen molar-refractivity contribution in [3.63, 3.8) is 0 Å². The predicted octanol–water partition coefficient (Wildman–Crippen LogP) is 3.50. The maximum atomic E-state index is 10.5. The van der Waals surface area contributed by atoms with Crippen LogP contribution in [-0.2, 0) is 12.0 Å². The molecule has 1 N–H and O–H groups in total. The Morgan fingerprint density at radius 2 is 1.73 bits per heavy atom. The minimum atomic E-state index is -0.780. The Kier molecular flexibility index (Phi) is 3.25. The zero-order valence-corrected chi connectivity index (χ0v) is 10.5. The second kappa shape index (κ2) is 3.97. The molecule has 0 aliphatic carbocycles. The molecule has 1 atom stereocenters. The summed E-state index contributed by atoms with van der Waals surface area (Å²) >= 11 is 0. The fourth-order valence-electron chi connectivity index (χ4n) is 1.53. The number of benzene rings is 1. The third kappa shape index (κ3) is 2.40. The van der Waals surface area contributed by atoms with E-state index < -0.39 is 5.60 Å². The van der Waals surface area contributed by atoms with Gasteiger partial charge in [0, 0.05) is 0 Å². The average molecular weight is 206 g/mol. The maximum absolute atomic E-state index is 10.5. The summed E-state index contributed by atoms with van der Waals surface area (Å²) in [4.78, 5) is 0. The van der Waals surface area contributed by atoms with Crippen molar-refractivity contribution >= 4 is 0 Å². The van der Waals surface area contributed by atoms with E-state index in [4.69, 9.17) is 0 Å². The monoisotopic (exact) mass is 206 g/mol. The molecule has 1 nitrogen and oxygen atoms in total. The van der Waals surface area contributed by atoms with Crippen molar-refractivity contribution in [2.75, 3.05) is 0 Å². The third-order valence-electron chi connectivity index (χ3n) is 3.36. The summed E-state index contributed by atoms with van der Waals surface area (Å²) in [5, 5.41) is 10.5. The van der Waals surface area contributed by atoms with Gasteiger partial charge in [0.1, 0.15) is 0 Å². The van der Waals surface area contributed by atoms with Crippen molar-refractivity contribution < 1.29 is 5.11 Å². The lowest BCUT2D eigenvalue weighted by Crippen LogP contribution is -2.36. The molecule has 1 unspecified atom stereocenters. The van der Waals surface area contributed by atoms with Crippen LogP contribution in [0.1, 0.15) is 45.7 Å². The van der Waals surface area contributed by atoms with Crippen molar-refractivity contribution in [3.05, 3.63) is 35.4 Å². The standard InChI is InChI=1S/C14H22O/c1-6-11-8-7-9-12(10-11)14(5,15)13(2,3)4/h7-10,15H,6H2,1-5H3. The maximum Gasteiger partial charge on any atom is 0.0916 e. The van der Waals surface area contributed by atoms with Crippen LogP contribution >= 0.6 is 0 Å². The summed E-state index contributed by atoms with van der Waals surface area (Å²) in [6.45, 7) is 10.2. The van der Waals surface area contributed by atoms with Crippen LogP contribution in [0.2, 0.25) is 0 Å². The molecule has 0 aliphatic heterocycles. The predicted molar refractivity (Wildman–Crippen MR) is 64.8 cm³/mol. The van der Waals surface area contributed by atoms with Gasteiger partial charge >= 0.3 is 0 Å². The van der Waals surface area contributed by atoms with Crippen LogP contribution in [-0.4, -0.2) is 5.11 Å². The van der Waals surface area contributed by atoms with Crippen LogP contribution in [0.5, 0.6) is 0 Å². The Balaban J connectivity index is 3.15. The summed E-state index contributed by atoms with van der Waals surface area (Å²) in [5.41, 5.74) is 1.35. The molecule has 0 amide bonds. The first-order chi connectivity index (χ1) is 6.79. The van der Waals surface area contributed by atoms with E-state index in [1.807, 2.05) is 19.1 Å².